The standard InChI is InChI=1S/C40H42N2O8/c1-21(2)17-49-18-22(3)41-37(43)29-11-7-25-27-9-13-31-36-32(14-10-28(34(27)36)26-8-12-30(38(41)44)35(29)33(25)26)40(46)42(39(31)45)23(4)19-50-24(5)20-48-16-15-47-6/h7-14,21-24H,15-20H2,1-6H3. The Hall–Kier alpha value is -4.48. The number of rotatable bonds is 14. The summed E-state index contributed by atoms with van der Waals surface area (Å²) in [6.45, 7) is 11.9. The summed E-state index contributed by atoms with van der Waals surface area (Å²) in [7, 11) is 1.61. The third-order valence-corrected chi connectivity index (χ3v) is 9.80. The molecule has 2 heterocycles. The van der Waals surface area contributed by atoms with Gasteiger partial charge in [-0.1, -0.05) is 38.1 Å². The highest BCUT2D eigenvalue weighted by Crippen LogP contribution is 2.46. The van der Waals surface area contributed by atoms with E-state index >= 15 is 0 Å². The number of carbonyl (C=O) groups excluding carboxylic acids is 4. The van der Waals surface area contributed by atoms with Crippen molar-refractivity contribution < 1.29 is 38.1 Å². The molecule has 0 aromatic heterocycles. The molecule has 260 valence electrons. The number of hydrogen-bond acceptors (Lipinski definition) is 8. The monoisotopic (exact) mass is 678 g/mol. The second-order valence-corrected chi connectivity index (χ2v) is 13.9. The van der Waals surface area contributed by atoms with E-state index in [0.717, 1.165) is 32.3 Å². The Morgan fingerprint density at radius 1 is 0.500 bits per heavy atom. The van der Waals surface area contributed by atoms with Crippen molar-refractivity contribution >= 4 is 66.7 Å². The fraction of sp³-hybridized carbons (Fsp3) is 0.400. The highest BCUT2D eigenvalue weighted by molar-refractivity contribution is 6.41. The summed E-state index contributed by atoms with van der Waals surface area (Å²) in [4.78, 5) is 58.5. The Labute approximate surface area is 290 Å². The van der Waals surface area contributed by atoms with Crippen molar-refractivity contribution in [1.29, 1.82) is 0 Å². The van der Waals surface area contributed by atoms with Gasteiger partial charge in [0.2, 0.25) is 0 Å². The van der Waals surface area contributed by atoms with Crippen molar-refractivity contribution in [3.63, 3.8) is 0 Å². The number of carbonyl (C=O) groups is 4. The molecule has 7 rings (SSSR count). The maximum absolute atomic E-state index is 14.0. The summed E-state index contributed by atoms with van der Waals surface area (Å²) >= 11 is 0. The maximum atomic E-state index is 14.0. The molecule has 2 aliphatic rings. The zero-order chi connectivity index (χ0) is 35.4. The first-order valence-corrected chi connectivity index (χ1v) is 17.3. The molecule has 0 spiro atoms. The van der Waals surface area contributed by atoms with Gasteiger partial charge in [-0.25, -0.2) is 0 Å². The fourth-order valence-corrected chi connectivity index (χ4v) is 7.47. The van der Waals surface area contributed by atoms with E-state index < -0.39 is 12.1 Å². The van der Waals surface area contributed by atoms with Gasteiger partial charge in [0, 0.05) is 46.7 Å². The first-order chi connectivity index (χ1) is 24.0. The van der Waals surface area contributed by atoms with Crippen LogP contribution in [0.4, 0.5) is 0 Å². The second-order valence-electron chi connectivity index (χ2n) is 13.9. The average Bonchev–Trinajstić information content (AvgIpc) is 3.09. The van der Waals surface area contributed by atoms with Gasteiger partial charge in [-0.15, -0.1) is 0 Å². The molecule has 3 atom stereocenters. The van der Waals surface area contributed by atoms with Gasteiger partial charge >= 0.3 is 0 Å². The Kier molecular flexibility index (Phi) is 9.07. The molecule has 2 aliphatic heterocycles. The molecule has 50 heavy (non-hydrogen) atoms. The molecule has 0 saturated carbocycles. The van der Waals surface area contributed by atoms with Crippen molar-refractivity contribution in [2.75, 3.05) is 46.8 Å². The number of benzene rings is 5. The molecule has 0 saturated heterocycles. The van der Waals surface area contributed by atoms with Crippen molar-refractivity contribution in [3.8, 4) is 0 Å². The van der Waals surface area contributed by atoms with E-state index in [1.54, 1.807) is 31.4 Å². The minimum Gasteiger partial charge on any atom is -0.382 e. The molecule has 0 aliphatic carbocycles. The van der Waals surface area contributed by atoms with E-state index in [0.29, 0.717) is 65.4 Å². The van der Waals surface area contributed by atoms with E-state index in [1.807, 2.05) is 45.0 Å². The van der Waals surface area contributed by atoms with E-state index in [4.69, 9.17) is 18.9 Å². The van der Waals surface area contributed by atoms with Crippen LogP contribution in [0, 0.1) is 5.92 Å². The molecule has 0 radical (unpaired) electrons. The maximum Gasteiger partial charge on any atom is 0.261 e. The van der Waals surface area contributed by atoms with E-state index in [-0.39, 0.29) is 42.9 Å². The lowest BCUT2D eigenvalue weighted by atomic mass is 9.82. The van der Waals surface area contributed by atoms with Crippen LogP contribution in [-0.4, -0.2) is 98.4 Å². The Morgan fingerprint density at radius 2 is 0.920 bits per heavy atom. The summed E-state index contributed by atoms with van der Waals surface area (Å²) in [6, 6.07) is 13.9. The summed E-state index contributed by atoms with van der Waals surface area (Å²) < 4.78 is 22.3. The molecule has 5 aromatic carbocycles. The van der Waals surface area contributed by atoms with E-state index in [2.05, 4.69) is 13.8 Å². The molecule has 3 unspecified atom stereocenters. The van der Waals surface area contributed by atoms with Crippen molar-refractivity contribution in [2.24, 2.45) is 5.92 Å². The Morgan fingerprint density at radius 3 is 1.32 bits per heavy atom. The third kappa shape index (κ3) is 5.42. The minimum absolute atomic E-state index is 0.166. The summed E-state index contributed by atoms with van der Waals surface area (Å²) in [6.07, 6.45) is -0.229. The van der Waals surface area contributed by atoms with Gasteiger partial charge in [0.15, 0.2) is 0 Å². The lowest BCUT2D eigenvalue weighted by Crippen LogP contribution is -2.48. The first-order valence-electron chi connectivity index (χ1n) is 17.3. The average molecular weight is 679 g/mol. The summed E-state index contributed by atoms with van der Waals surface area (Å²) in [5.41, 5.74) is 1.84. The number of nitrogens with zero attached hydrogens (tertiary/aromatic N) is 2. The van der Waals surface area contributed by atoms with Crippen LogP contribution in [0.15, 0.2) is 48.5 Å². The molecule has 0 N–H and O–H groups in total. The summed E-state index contributed by atoms with van der Waals surface area (Å²) in [5, 5.41) is 6.29. The zero-order valence-corrected chi connectivity index (χ0v) is 29.3. The molecule has 10 heteroatoms. The smallest absolute Gasteiger partial charge is 0.261 e. The van der Waals surface area contributed by atoms with Crippen LogP contribution < -0.4 is 0 Å². The number of ether oxygens (including phenoxy) is 4. The summed E-state index contributed by atoms with van der Waals surface area (Å²) in [5.74, 6) is -1.09. The highest BCUT2D eigenvalue weighted by Gasteiger charge is 2.39. The fourth-order valence-electron chi connectivity index (χ4n) is 7.47. The van der Waals surface area contributed by atoms with E-state index in [1.165, 1.54) is 9.80 Å². The molecular weight excluding hydrogens is 636 g/mol. The van der Waals surface area contributed by atoms with Crippen molar-refractivity contribution in [2.45, 2.75) is 52.8 Å². The Balaban J connectivity index is 1.26. The van der Waals surface area contributed by atoms with Gasteiger partial charge in [-0.3, -0.25) is 29.0 Å². The van der Waals surface area contributed by atoms with Gasteiger partial charge in [0.05, 0.1) is 51.2 Å². The third-order valence-electron chi connectivity index (χ3n) is 9.80. The van der Waals surface area contributed by atoms with Gasteiger partial charge in [-0.05, 0) is 83.3 Å². The second kappa shape index (κ2) is 13.3. The van der Waals surface area contributed by atoms with Crippen LogP contribution in [0.3, 0.4) is 0 Å². The molecule has 4 amide bonds. The molecule has 10 nitrogen and oxygen atoms in total. The van der Waals surface area contributed by atoms with Crippen LogP contribution in [0.25, 0.3) is 43.1 Å². The van der Waals surface area contributed by atoms with Gasteiger partial charge in [-0.2, -0.15) is 0 Å². The highest BCUT2D eigenvalue weighted by atomic mass is 16.5. The number of hydrogen-bond donors (Lipinski definition) is 0. The largest absolute Gasteiger partial charge is 0.382 e. The first kappa shape index (κ1) is 34.0. The molecule has 5 aromatic rings. The minimum atomic E-state index is -0.511. The zero-order valence-electron chi connectivity index (χ0n) is 29.3. The number of methoxy groups -OCH3 is 1. The lowest BCUT2D eigenvalue weighted by molar-refractivity contribution is -0.0312. The lowest BCUT2D eigenvalue weighted by Gasteiger charge is -2.34. The number of fused-ring (bicyclic) bond motifs is 2. The van der Waals surface area contributed by atoms with Crippen LogP contribution in [0.2, 0.25) is 0 Å². The molecule has 0 bridgehead atoms. The number of imide groups is 2. The van der Waals surface area contributed by atoms with Crippen molar-refractivity contribution in [1.82, 2.24) is 9.80 Å². The van der Waals surface area contributed by atoms with Crippen LogP contribution in [0.1, 0.15) is 76.1 Å². The molecular formula is C40H42N2O8. The SMILES string of the molecule is COCCOCC(C)OCC(C)N1C(=O)c2ccc3c4ccc5c6c(ccc(c7ccc(c2c37)C1=O)c64)C(=O)N(C(C)COCC(C)C)C5=O. The van der Waals surface area contributed by atoms with Crippen LogP contribution in [-0.2, 0) is 18.9 Å². The topological polar surface area (TPSA) is 112 Å². The van der Waals surface area contributed by atoms with Crippen LogP contribution in [0.5, 0.6) is 0 Å². The van der Waals surface area contributed by atoms with Gasteiger partial charge in [0.1, 0.15) is 0 Å². The van der Waals surface area contributed by atoms with E-state index in [9.17, 15) is 19.2 Å². The number of amides is 4. The normalized spacial score (nSPS) is 16.6. The van der Waals surface area contributed by atoms with Gasteiger partial charge in [0.25, 0.3) is 23.6 Å². The van der Waals surface area contributed by atoms with Crippen LogP contribution >= 0.6 is 0 Å². The predicted octanol–water partition coefficient (Wildman–Crippen LogP) is 6.45. The predicted molar refractivity (Wildman–Crippen MR) is 191 cm³/mol. The quantitative estimate of drug-likeness (QED) is 0.0571. The Bertz CT molecular complexity index is 2050. The van der Waals surface area contributed by atoms with Crippen molar-refractivity contribution in [3.05, 3.63) is 70.8 Å². The van der Waals surface area contributed by atoms with Gasteiger partial charge < -0.3 is 18.9 Å². The molecule has 0 fully saturated rings.